The van der Waals surface area contributed by atoms with Crippen LogP contribution >= 0.6 is 0 Å². The maximum absolute atomic E-state index is 13.0. The Morgan fingerprint density at radius 3 is 2.57 bits per heavy atom. The van der Waals surface area contributed by atoms with E-state index < -0.39 is 0 Å². The van der Waals surface area contributed by atoms with Gasteiger partial charge in [-0.25, -0.2) is 9.78 Å². The number of nitrogens with zero attached hydrogens (tertiary/aromatic N) is 8. The summed E-state index contributed by atoms with van der Waals surface area (Å²) in [5, 5.41) is 4.41. The number of piperazine rings is 1. The Morgan fingerprint density at radius 2 is 1.87 bits per heavy atom. The fourth-order valence-electron chi connectivity index (χ4n) is 4.07. The number of nitrogens with two attached hydrogens (primary N) is 1. The molecule has 0 amide bonds. The van der Waals surface area contributed by atoms with E-state index in [9.17, 15) is 4.79 Å². The minimum atomic E-state index is -0.139. The van der Waals surface area contributed by atoms with Crippen LogP contribution in [-0.4, -0.2) is 77.8 Å². The predicted octanol–water partition coefficient (Wildman–Crippen LogP) is 0.257. The first-order chi connectivity index (χ1) is 14.6. The number of aryl methyl sites for hydroxylation is 1. The first-order valence-electron chi connectivity index (χ1n) is 10.2. The summed E-state index contributed by atoms with van der Waals surface area (Å²) in [5.74, 6) is 1.11. The molecule has 0 radical (unpaired) electrons. The van der Waals surface area contributed by atoms with Gasteiger partial charge in [0.2, 0.25) is 11.8 Å². The van der Waals surface area contributed by atoms with Gasteiger partial charge in [0.15, 0.2) is 17.1 Å². The van der Waals surface area contributed by atoms with E-state index in [0.29, 0.717) is 34.9 Å². The van der Waals surface area contributed by atoms with Gasteiger partial charge >= 0.3 is 5.69 Å². The Bertz CT molecular complexity index is 1240. The number of rotatable bonds is 5. The lowest BCUT2D eigenvalue weighted by atomic mass is 10.3. The van der Waals surface area contributed by atoms with Gasteiger partial charge in [0.25, 0.3) is 0 Å². The number of nitrogen functional groups attached to an aromatic ring is 1. The van der Waals surface area contributed by atoms with Gasteiger partial charge in [-0.3, -0.25) is 14.0 Å². The molecule has 0 aliphatic carbocycles. The van der Waals surface area contributed by atoms with Gasteiger partial charge in [-0.15, -0.1) is 5.10 Å². The Hall–Kier alpha value is -3.18. The summed E-state index contributed by atoms with van der Waals surface area (Å²) >= 11 is 0. The lowest BCUT2D eigenvalue weighted by Gasteiger charge is -2.33. The SMILES string of the molecule is CCN1CCN(CCn2c(=O)n(C)c3c2nc(N)n2nc(-c4ccco4)nc32)CC1. The van der Waals surface area contributed by atoms with E-state index in [1.54, 1.807) is 34.6 Å². The van der Waals surface area contributed by atoms with Crippen LogP contribution in [0.2, 0.25) is 0 Å². The fourth-order valence-corrected chi connectivity index (χ4v) is 4.07. The van der Waals surface area contributed by atoms with Crippen molar-refractivity contribution in [1.29, 1.82) is 0 Å². The molecular formula is C19H25N9O2. The van der Waals surface area contributed by atoms with E-state index in [0.717, 1.165) is 39.3 Å². The van der Waals surface area contributed by atoms with E-state index in [1.807, 2.05) is 0 Å². The quantitative estimate of drug-likeness (QED) is 0.497. The number of hydrogen-bond acceptors (Lipinski definition) is 8. The summed E-state index contributed by atoms with van der Waals surface area (Å²) < 4.78 is 10.1. The molecule has 4 aromatic rings. The molecule has 0 spiro atoms. The molecule has 1 aliphatic heterocycles. The molecule has 2 N–H and O–H groups in total. The highest BCUT2D eigenvalue weighted by Crippen LogP contribution is 2.23. The summed E-state index contributed by atoms with van der Waals surface area (Å²) in [5.41, 5.74) is 7.64. The van der Waals surface area contributed by atoms with Crippen molar-refractivity contribution in [2.75, 3.05) is 45.0 Å². The number of furan rings is 1. The fraction of sp³-hybridized carbons (Fsp3) is 0.474. The zero-order valence-corrected chi connectivity index (χ0v) is 17.2. The minimum Gasteiger partial charge on any atom is -0.461 e. The van der Waals surface area contributed by atoms with Gasteiger partial charge in [0, 0.05) is 46.3 Å². The summed E-state index contributed by atoms with van der Waals surface area (Å²) in [6, 6.07) is 3.54. The van der Waals surface area contributed by atoms with Gasteiger partial charge in [-0.1, -0.05) is 6.92 Å². The number of likely N-dealkylation sites (N-methyl/N-ethyl adjacent to an activating group) is 1. The second-order valence-corrected chi connectivity index (χ2v) is 7.56. The molecular weight excluding hydrogens is 386 g/mol. The molecule has 158 valence electrons. The van der Waals surface area contributed by atoms with Crippen LogP contribution in [0, 0.1) is 0 Å². The highest BCUT2D eigenvalue weighted by atomic mass is 16.3. The molecule has 11 nitrogen and oxygen atoms in total. The lowest BCUT2D eigenvalue weighted by Crippen LogP contribution is -2.47. The van der Waals surface area contributed by atoms with Crippen LogP contribution in [0.25, 0.3) is 28.4 Å². The second-order valence-electron chi connectivity index (χ2n) is 7.56. The number of imidazole rings is 1. The largest absolute Gasteiger partial charge is 0.461 e. The molecule has 1 fully saturated rings. The van der Waals surface area contributed by atoms with Crippen LogP contribution in [0.1, 0.15) is 6.92 Å². The molecule has 0 aromatic carbocycles. The highest BCUT2D eigenvalue weighted by molar-refractivity contribution is 5.88. The van der Waals surface area contributed by atoms with Gasteiger partial charge in [0.1, 0.15) is 5.52 Å². The Balaban J connectivity index is 1.52. The van der Waals surface area contributed by atoms with Crippen LogP contribution in [-0.2, 0) is 13.6 Å². The minimum absolute atomic E-state index is 0.139. The summed E-state index contributed by atoms with van der Waals surface area (Å²) in [7, 11) is 1.72. The van der Waals surface area contributed by atoms with Gasteiger partial charge in [-0.05, 0) is 18.7 Å². The third kappa shape index (κ3) is 2.97. The van der Waals surface area contributed by atoms with Crippen molar-refractivity contribution in [3.05, 3.63) is 28.9 Å². The van der Waals surface area contributed by atoms with Crippen LogP contribution in [0.4, 0.5) is 5.95 Å². The molecule has 5 heterocycles. The van der Waals surface area contributed by atoms with Gasteiger partial charge in [0.05, 0.1) is 6.26 Å². The first kappa shape index (κ1) is 18.8. The maximum atomic E-state index is 13.0. The van der Waals surface area contributed by atoms with Crippen LogP contribution in [0.3, 0.4) is 0 Å². The normalized spacial score (nSPS) is 16.2. The topological polar surface area (TPSA) is 116 Å². The van der Waals surface area contributed by atoms with Crippen molar-refractivity contribution >= 4 is 22.8 Å². The standard InChI is InChI=1S/C19H25N9O2/c1-3-25-6-8-26(9-7-25)10-11-27-16-14(24(2)19(27)29)17-21-15(13-5-4-12-30-13)23-28(17)18(20)22-16/h4-5,12H,3,6-11H2,1-2H3,(H2,20,22). The van der Waals surface area contributed by atoms with Crippen molar-refractivity contribution in [3.8, 4) is 11.6 Å². The van der Waals surface area contributed by atoms with Gasteiger partial charge in [-0.2, -0.15) is 9.50 Å². The highest BCUT2D eigenvalue weighted by Gasteiger charge is 2.22. The molecule has 1 saturated heterocycles. The molecule has 0 saturated carbocycles. The zero-order chi connectivity index (χ0) is 20.8. The smallest absolute Gasteiger partial charge is 0.330 e. The first-order valence-corrected chi connectivity index (χ1v) is 10.2. The number of anilines is 1. The summed E-state index contributed by atoms with van der Waals surface area (Å²) in [4.78, 5) is 26.9. The molecule has 0 bridgehead atoms. The van der Waals surface area contributed by atoms with Crippen LogP contribution < -0.4 is 11.4 Å². The number of aromatic nitrogens is 6. The van der Waals surface area contributed by atoms with Crippen molar-refractivity contribution < 1.29 is 4.42 Å². The van der Waals surface area contributed by atoms with Crippen molar-refractivity contribution in [2.45, 2.75) is 13.5 Å². The predicted molar refractivity (Wildman–Crippen MR) is 112 cm³/mol. The van der Waals surface area contributed by atoms with Crippen LogP contribution in [0.5, 0.6) is 0 Å². The Labute approximate surface area is 172 Å². The van der Waals surface area contributed by atoms with E-state index in [4.69, 9.17) is 10.2 Å². The number of fused-ring (bicyclic) bond motifs is 3. The molecule has 1 aliphatic rings. The molecule has 4 aromatic heterocycles. The van der Waals surface area contributed by atoms with Crippen molar-refractivity contribution in [2.24, 2.45) is 7.05 Å². The van der Waals surface area contributed by atoms with Gasteiger partial charge < -0.3 is 15.1 Å². The second kappa shape index (κ2) is 7.26. The third-order valence-corrected chi connectivity index (χ3v) is 5.87. The molecule has 5 rings (SSSR count). The number of hydrogen-bond donors (Lipinski definition) is 1. The van der Waals surface area contributed by atoms with E-state index in [-0.39, 0.29) is 11.6 Å². The molecule has 0 atom stereocenters. The van der Waals surface area contributed by atoms with Crippen molar-refractivity contribution in [3.63, 3.8) is 0 Å². The van der Waals surface area contributed by atoms with E-state index in [2.05, 4.69) is 31.8 Å². The maximum Gasteiger partial charge on any atom is 0.330 e. The van der Waals surface area contributed by atoms with E-state index >= 15 is 0 Å². The van der Waals surface area contributed by atoms with E-state index in [1.165, 1.54) is 4.52 Å². The molecule has 30 heavy (non-hydrogen) atoms. The Morgan fingerprint density at radius 1 is 1.10 bits per heavy atom. The molecule has 0 unspecified atom stereocenters. The van der Waals surface area contributed by atoms with Crippen molar-refractivity contribution in [1.82, 2.24) is 38.5 Å². The molecule has 11 heteroatoms. The lowest BCUT2D eigenvalue weighted by molar-refractivity contribution is 0.134. The average molecular weight is 411 g/mol. The summed E-state index contributed by atoms with van der Waals surface area (Å²) in [6.45, 7) is 8.72. The monoisotopic (exact) mass is 411 g/mol. The summed E-state index contributed by atoms with van der Waals surface area (Å²) in [6.07, 6.45) is 1.56. The Kier molecular flexibility index (Phi) is 4.55. The van der Waals surface area contributed by atoms with Crippen LogP contribution in [0.15, 0.2) is 27.6 Å². The third-order valence-electron chi connectivity index (χ3n) is 5.87. The zero-order valence-electron chi connectivity index (χ0n) is 17.2. The average Bonchev–Trinajstić information content (AvgIpc) is 3.48.